The zero-order chi connectivity index (χ0) is 31.9. The van der Waals surface area contributed by atoms with Crippen molar-refractivity contribution in [2.75, 3.05) is 4.90 Å². The Hall–Kier alpha value is -4.25. The summed E-state index contributed by atoms with van der Waals surface area (Å²) in [7, 11) is 0. The van der Waals surface area contributed by atoms with Gasteiger partial charge in [-0.15, -0.1) is 0 Å². The van der Waals surface area contributed by atoms with Crippen LogP contribution < -0.4 is 21.3 Å². The van der Waals surface area contributed by atoms with Gasteiger partial charge in [0.1, 0.15) is 23.1 Å². The lowest BCUT2D eigenvalue weighted by Gasteiger charge is -2.22. The molecule has 0 fully saturated rings. The second-order valence-electron chi connectivity index (χ2n) is 12.7. The SMILES string of the molecule is CC(N)CCc1cccc2c1N(C=O)C(C(=O)NCc1ccc(/C(=N\C(=O)OC(C)(C)C)NC(=O)OC(C)(C)C)cc1)C2. The summed E-state index contributed by atoms with van der Waals surface area (Å²) in [5.74, 6) is -0.312. The normalized spacial score (nSPS) is 15.8. The summed E-state index contributed by atoms with van der Waals surface area (Å²) in [4.78, 5) is 55.6. The Labute approximate surface area is 253 Å². The molecule has 0 saturated heterocycles. The fourth-order valence-corrected chi connectivity index (χ4v) is 4.56. The molecule has 232 valence electrons. The highest BCUT2D eigenvalue weighted by Crippen LogP contribution is 2.35. The number of carbonyl (C=O) groups excluding carboxylic acids is 4. The highest BCUT2D eigenvalue weighted by molar-refractivity contribution is 6.10. The van der Waals surface area contributed by atoms with Crippen LogP contribution in [0.5, 0.6) is 0 Å². The number of ether oxygens (including phenoxy) is 2. The number of carbonyl (C=O) groups is 4. The Morgan fingerprint density at radius 3 is 2.28 bits per heavy atom. The lowest BCUT2D eigenvalue weighted by molar-refractivity contribution is -0.123. The minimum absolute atomic E-state index is 0.0279. The van der Waals surface area contributed by atoms with E-state index in [1.807, 2.05) is 25.1 Å². The molecule has 1 aliphatic rings. The molecule has 0 radical (unpaired) electrons. The highest BCUT2D eigenvalue weighted by Gasteiger charge is 2.35. The first-order valence-corrected chi connectivity index (χ1v) is 14.3. The summed E-state index contributed by atoms with van der Waals surface area (Å²) in [5, 5.41) is 5.45. The molecular formula is C32H43N5O6. The Morgan fingerprint density at radius 1 is 1.05 bits per heavy atom. The average Bonchev–Trinajstić information content (AvgIpc) is 3.28. The number of para-hydroxylation sites is 1. The first-order valence-electron chi connectivity index (χ1n) is 14.3. The topological polar surface area (TPSA) is 152 Å². The van der Waals surface area contributed by atoms with Crippen molar-refractivity contribution in [1.29, 1.82) is 0 Å². The maximum Gasteiger partial charge on any atom is 0.436 e. The van der Waals surface area contributed by atoms with Crippen molar-refractivity contribution >= 4 is 36.0 Å². The van der Waals surface area contributed by atoms with E-state index >= 15 is 0 Å². The van der Waals surface area contributed by atoms with E-state index in [2.05, 4.69) is 15.6 Å². The summed E-state index contributed by atoms with van der Waals surface area (Å²) >= 11 is 0. The minimum Gasteiger partial charge on any atom is -0.444 e. The highest BCUT2D eigenvalue weighted by atomic mass is 16.6. The molecule has 11 nitrogen and oxygen atoms in total. The maximum absolute atomic E-state index is 13.2. The van der Waals surface area contributed by atoms with Crippen molar-refractivity contribution in [3.8, 4) is 0 Å². The van der Waals surface area contributed by atoms with Crippen LogP contribution in [0.4, 0.5) is 15.3 Å². The van der Waals surface area contributed by atoms with Crippen LogP contribution in [0.3, 0.4) is 0 Å². The Balaban J connectivity index is 1.71. The Bertz CT molecular complexity index is 1360. The van der Waals surface area contributed by atoms with Gasteiger partial charge in [-0.25, -0.2) is 9.59 Å². The smallest absolute Gasteiger partial charge is 0.436 e. The van der Waals surface area contributed by atoms with Crippen LogP contribution in [0.1, 0.15) is 77.1 Å². The number of alkyl carbamates (subject to hydrolysis) is 1. The van der Waals surface area contributed by atoms with Gasteiger partial charge in [-0.2, -0.15) is 4.99 Å². The molecule has 2 atom stereocenters. The number of hydrogen-bond acceptors (Lipinski definition) is 7. The number of amidine groups is 1. The number of aliphatic imine (C=N–C) groups is 1. The van der Waals surface area contributed by atoms with Gasteiger partial charge < -0.3 is 25.4 Å². The van der Waals surface area contributed by atoms with E-state index in [9.17, 15) is 19.2 Å². The molecule has 43 heavy (non-hydrogen) atoms. The van der Waals surface area contributed by atoms with Gasteiger partial charge in [0.2, 0.25) is 12.3 Å². The van der Waals surface area contributed by atoms with E-state index in [1.165, 1.54) is 4.90 Å². The van der Waals surface area contributed by atoms with Crippen LogP contribution in [-0.4, -0.2) is 53.6 Å². The largest absolute Gasteiger partial charge is 0.444 e. The van der Waals surface area contributed by atoms with Gasteiger partial charge in [-0.3, -0.25) is 14.9 Å². The predicted molar refractivity (Wildman–Crippen MR) is 165 cm³/mol. The first-order chi connectivity index (χ1) is 20.1. The Kier molecular flexibility index (Phi) is 10.7. The molecule has 2 aromatic rings. The van der Waals surface area contributed by atoms with E-state index in [1.54, 1.807) is 65.8 Å². The van der Waals surface area contributed by atoms with Crippen LogP contribution in [0.25, 0.3) is 0 Å². The van der Waals surface area contributed by atoms with E-state index in [0.29, 0.717) is 24.8 Å². The Morgan fingerprint density at radius 2 is 1.70 bits per heavy atom. The molecule has 4 N–H and O–H groups in total. The summed E-state index contributed by atoms with van der Waals surface area (Å²) < 4.78 is 10.6. The van der Waals surface area contributed by atoms with E-state index in [-0.39, 0.29) is 24.3 Å². The van der Waals surface area contributed by atoms with Gasteiger partial charge in [-0.1, -0.05) is 42.5 Å². The number of nitrogens with one attached hydrogen (secondary N) is 2. The van der Waals surface area contributed by atoms with Gasteiger partial charge in [0, 0.05) is 24.6 Å². The average molecular weight is 594 g/mol. The number of rotatable bonds is 8. The van der Waals surface area contributed by atoms with Crippen LogP contribution in [0.15, 0.2) is 47.5 Å². The third-order valence-electron chi connectivity index (χ3n) is 6.41. The van der Waals surface area contributed by atoms with E-state index in [4.69, 9.17) is 15.2 Å². The summed E-state index contributed by atoms with van der Waals surface area (Å²) in [6.45, 7) is 12.4. The van der Waals surface area contributed by atoms with E-state index < -0.39 is 29.4 Å². The van der Waals surface area contributed by atoms with E-state index in [0.717, 1.165) is 28.8 Å². The number of anilines is 1. The molecule has 11 heteroatoms. The van der Waals surface area contributed by atoms with Gasteiger partial charge in [0.05, 0.1) is 5.69 Å². The fourth-order valence-electron chi connectivity index (χ4n) is 4.56. The maximum atomic E-state index is 13.2. The second-order valence-corrected chi connectivity index (χ2v) is 12.7. The van der Waals surface area contributed by atoms with Crippen LogP contribution in [-0.2, 0) is 38.4 Å². The number of benzene rings is 2. The lowest BCUT2D eigenvalue weighted by Crippen LogP contribution is -2.44. The monoisotopic (exact) mass is 593 g/mol. The van der Waals surface area contributed by atoms with Crippen molar-refractivity contribution < 1.29 is 28.7 Å². The zero-order valence-electron chi connectivity index (χ0n) is 26.0. The van der Waals surface area contributed by atoms with Gasteiger partial charge in [0.25, 0.3) is 0 Å². The molecule has 4 amide bonds. The second kappa shape index (κ2) is 13.8. The van der Waals surface area contributed by atoms with Crippen LogP contribution >= 0.6 is 0 Å². The zero-order valence-corrected chi connectivity index (χ0v) is 26.0. The molecule has 0 aliphatic carbocycles. The number of nitrogens with zero attached hydrogens (tertiary/aromatic N) is 2. The summed E-state index contributed by atoms with van der Waals surface area (Å²) in [6, 6.07) is 12.0. The molecule has 2 unspecified atom stereocenters. The number of hydrogen-bond donors (Lipinski definition) is 3. The van der Waals surface area contributed by atoms with Crippen LogP contribution in [0.2, 0.25) is 0 Å². The van der Waals surface area contributed by atoms with Gasteiger partial charge in [-0.05, 0) is 78.0 Å². The number of amides is 4. The quantitative estimate of drug-likeness (QED) is 0.233. The van der Waals surface area contributed by atoms with Crippen molar-refractivity contribution in [2.45, 2.75) is 97.6 Å². The van der Waals surface area contributed by atoms with Crippen molar-refractivity contribution in [2.24, 2.45) is 10.7 Å². The molecule has 0 saturated carbocycles. The number of fused-ring (bicyclic) bond motifs is 1. The molecule has 1 heterocycles. The molecular weight excluding hydrogens is 550 g/mol. The fraction of sp³-hybridized carbons (Fsp3) is 0.469. The standard InChI is InChI=1S/C32H43N5O6/c1-20(33)11-14-22-9-8-10-24-17-25(37(19-38)26(22)24)28(39)34-18-21-12-15-23(16-13-21)27(35-29(40)42-31(2,3)4)36-30(41)43-32(5,6)7/h8-10,12-13,15-16,19-20,25H,11,14,17-18,33H2,1-7H3,(H,34,39)(H,35,36,40,41). The predicted octanol–water partition coefficient (Wildman–Crippen LogP) is 4.38. The molecule has 1 aliphatic heterocycles. The summed E-state index contributed by atoms with van der Waals surface area (Å²) in [5.41, 5.74) is 8.34. The first kappa shape index (κ1) is 33.3. The molecule has 0 bridgehead atoms. The number of nitrogens with two attached hydrogens (primary N) is 1. The van der Waals surface area contributed by atoms with Crippen molar-refractivity contribution in [3.63, 3.8) is 0 Å². The van der Waals surface area contributed by atoms with Crippen molar-refractivity contribution in [1.82, 2.24) is 10.6 Å². The third kappa shape index (κ3) is 9.92. The molecule has 3 rings (SSSR count). The number of aryl methyl sites for hydroxylation is 1. The van der Waals surface area contributed by atoms with Crippen LogP contribution in [0, 0.1) is 0 Å². The molecule has 2 aromatic carbocycles. The summed E-state index contributed by atoms with van der Waals surface area (Å²) in [6.07, 6.45) is 0.980. The van der Waals surface area contributed by atoms with Gasteiger partial charge >= 0.3 is 12.2 Å². The molecule has 0 aromatic heterocycles. The third-order valence-corrected chi connectivity index (χ3v) is 6.41. The minimum atomic E-state index is -0.868. The molecule has 0 spiro atoms. The van der Waals surface area contributed by atoms with Crippen molar-refractivity contribution in [3.05, 3.63) is 64.7 Å². The van der Waals surface area contributed by atoms with Gasteiger partial charge in [0.15, 0.2) is 0 Å². The lowest BCUT2D eigenvalue weighted by atomic mass is 10.0.